The normalized spacial score (nSPS) is 11.4. The summed E-state index contributed by atoms with van der Waals surface area (Å²) in [6, 6.07) is 12.0. The fourth-order valence-corrected chi connectivity index (χ4v) is 2.64. The maximum Gasteiger partial charge on any atom is 0.422 e. The standard InChI is InChI=1S/C21H26F3N3O3.HI/c1-4-25-20(27-13-16-6-5-7-18(28-2)19(16)29-3)26-12-15-8-10-17(11-9-15)30-14-21(22,23)24;/h5-11H,4,12-14H2,1-3H3,(H2,25,26,27);1H. The number of halogens is 4. The van der Waals surface area contributed by atoms with Crippen molar-refractivity contribution in [2.75, 3.05) is 27.4 Å². The van der Waals surface area contributed by atoms with Gasteiger partial charge in [-0.3, -0.25) is 0 Å². The Hall–Kier alpha value is -2.37. The van der Waals surface area contributed by atoms with Crippen LogP contribution < -0.4 is 24.8 Å². The topological polar surface area (TPSA) is 64.1 Å². The van der Waals surface area contributed by atoms with Crippen molar-refractivity contribution in [3.8, 4) is 17.2 Å². The van der Waals surface area contributed by atoms with E-state index in [2.05, 4.69) is 15.6 Å². The number of aliphatic imine (C=N–C) groups is 1. The van der Waals surface area contributed by atoms with E-state index >= 15 is 0 Å². The number of methoxy groups -OCH3 is 2. The molecule has 0 unspecified atom stereocenters. The molecular weight excluding hydrogens is 526 g/mol. The Morgan fingerprint density at radius 1 is 1.00 bits per heavy atom. The van der Waals surface area contributed by atoms with Crippen LogP contribution in [0, 0.1) is 0 Å². The van der Waals surface area contributed by atoms with Crippen molar-refractivity contribution in [1.29, 1.82) is 0 Å². The zero-order chi connectivity index (χ0) is 22.0. The lowest BCUT2D eigenvalue weighted by Gasteiger charge is -2.15. The van der Waals surface area contributed by atoms with E-state index in [0.29, 0.717) is 37.1 Å². The Labute approximate surface area is 197 Å². The Balaban J connectivity index is 0.00000480. The largest absolute Gasteiger partial charge is 0.493 e. The maximum atomic E-state index is 12.2. The van der Waals surface area contributed by atoms with Gasteiger partial charge in [-0.05, 0) is 30.7 Å². The lowest BCUT2D eigenvalue weighted by molar-refractivity contribution is -0.153. The molecule has 2 N–H and O–H groups in total. The van der Waals surface area contributed by atoms with Gasteiger partial charge in [-0.15, -0.1) is 24.0 Å². The van der Waals surface area contributed by atoms with E-state index in [1.54, 1.807) is 26.4 Å². The first kappa shape index (κ1) is 26.7. The second-order valence-electron chi connectivity index (χ2n) is 6.25. The van der Waals surface area contributed by atoms with Crippen molar-refractivity contribution >= 4 is 29.9 Å². The molecule has 0 saturated heterocycles. The van der Waals surface area contributed by atoms with Gasteiger partial charge >= 0.3 is 6.18 Å². The SMILES string of the molecule is CCNC(=NCc1ccc(OCC(F)(F)F)cc1)NCc1cccc(OC)c1OC.I. The van der Waals surface area contributed by atoms with Crippen molar-refractivity contribution in [2.24, 2.45) is 4.99 Å². The van der Waals surface area contributed by atoms with E-state index in [9.17, 15) is 13.2 Å². The molecule has 0 atom stereocenters. The molecule has 0 aliphatic rings. The summed E-state index contributed by atoms with van der Waals surface area (Å²) in [5.41, 5.74) is 1.75. The molecule has 0 spiro atoms. The lowest BCUT2D eigenvalue weighted by atomic mass is 10.2. The number of benzene rings is 2. The highest BCUT2D eigenvalue weighted by Gasteiger charge is 2.28. The van der Waals surface area contributed by atoms with E-state index in [1.165, 1.54) is 12.1 Å². The summed E-state index contributed by atoms with van der Waals surface area (Å²) in [6.07, 6.45) is -4.36. The Morgan fingerprint density at radius 3 is 2.29 bits per heavy atom. The van der Waals surface area contributed by atoms with Gasteiger partial charge in [0.1, 0.15) is 5.75 Å². The molecule has 0 saturated carbocycles. The third-order valence-corrected chi connectivity index (χ3v) is 4.02. The fourth-order valence-electron chi connectivity index (χ4n) is 2.64. The first-order chi connectivity index (χ1) is 14.4. The summed E-state index contributed by atoms with van der Waals surface area (Å²) in [5.74, 6) is 2.05. The predicted molar refractivity (Wildman–Crippen MR) is 125 cm³/mol. The highest BCUT2D eigenvalue weighted by atomic mass is 127. The molecule has 6 nitrogen and oxygen atoms in total. The number of alkyl halides is 3. The molecule has 0 amide bonds. The summed E-state index contributed by atoms with van der Waals surface area (Å²) in [4.78, 5) is 4.51. The van der Waals surface area contributed by atoms with Crippen molar-refractivity contribution in [2.45, 2.75) is 26.2 Å². The van der Waals surface area contributed by atoms with Crippen LogP contribution in [0.3, 0.4) is 0 Å². The van der Waals surface area contributed by atoms with Crippen molar-refractivity contribution in [3.05, 3.63) is 53.6 Å². The number of para-hydroxylation sites is 1. The molecular formula is C21H27F3IN3O3. The first-order valence-electron chi connectivity index (χ1n) is 9.36. The summed E-state index contributed by atoms with van der Waals surface area (Å²) < 4.78 is 52.1. The van der Waals surface area contributed by atoms with E-state index in [-0.39, 0.29) is 29.7 Å². The average Bonchev–Trinajstić information content (AvgIpc) is 2.74. The zero-order valence-corrected chi connectivity index (χ0v) is 19.9. The minimum Gasteiger partial charge on any atom is -0.493 e. The number of ether oxygens (including phenoxy) is 3. The summed E-state index contributed by atoms with van der Waals surface area (Å²) in [5, 5.41) is 6.39. The van der Waals surface area contributed by atoms with Gasteiger partial charge in [-0.2, -0.15) is 13.2 Å². The van der Waals surface area contributed by atoms with Crippen LogP contribution in [0.2, 0.25) is 0 Å². The zero-order valence-electron chi connectivity index (χ0n) is 17.6. The van der Waals surface area contributed by atoms with E-state index < -0.39 is 12.8 Å². The molecule has 2 aromatic rings. The lowest BCUT2D eigenvalue weighted by Crippen LogP contribution is -2.36. The van der Waals surface area contributed by atoms with Crippen LogP contribution in [-0.4, -0.2) is 39.5 Å². The van der Waals surface area contributed by atoms with Crippen molar-refractivity contribution in [3.63, 3.8) is 0 Å². The molecule has 31 heavy (non-hydrogen) atoms. The first-order valence-corrected chi connectivity index (χ1v) is 9.36. The van der Waals surface area contributed by atoms with Crippen molar-refractivity contribution in [1.82, 2.24) is 10.6 Å². The highest BCUT2D eigenvalue weighted by molar-refractivity contribution is 14.0. The number of hydrogen-bond donors (Lipinski definition) is 2. The molecule has 0 radical (unpaired) electrons. The van der Waals surface area contributed by atoms with Gasteiger partial charge < -0.3 is 24.8 Å². The van der Waals surface area contributed by atoms with Gasteiger partial charge in [0.25, 0.3) is 0 Å². The minimum atomic E-state index is -4.36. The van der Waals surface area contributed by atoms with Crippen LogP contribution >= 0.6 is 24.0 Å². The monoisotopic (exact) mass is 553 g/mol. The summed E-state index contributed by atoms with van der Waals surface area (Å²) in [7, 11) is 3.17. The summed E-state index contributed by atoms with van der Waals surface area (Å²) >= 11 is 0. The second kappa shape index (κ2) is 13.1. The van der Waals surface area contributed by atoms with E-state index in [4.69, 9.17) is 14.2 Å². The number of rotatable bonds is 9. The third-order valence-electron chi connectivity index (χ3n) is 4.02. The fraction of sp³-hybridized carbons (Fsp3) is 0.381. The Kier molecular flexibility index (Phi) is 11.3. The number of hydrogen-bond acceptors (Lipinski definition) is 4. The van der Waals surface area contributed by atoms with Gasteiger partial charge in [0.05, 0.1) is 20.8 Å². The van der Waals surface area contributed by atoms with Crippen LogP contribution in [0.25, 0.3) is 0 Å². The van der Waals surface area contributed by atoms with Gasteiger partial charge in [0, 0.05) is 18.7 Å². The average molecular weight is 553 g/mol. The van der Waals surface area contributed by atoms with Crippen LogP contribution in [0.1, 0.15) is 18.1 Å². The number of guanidine groups is 1. The molecule has 0 aliphatic heterocycles. The molecule has 0 bridgehead atoms. The van der Waals surface area contributed by atoms with Gasteiger partial charge in [0.15, 0.2) is 24.1 Å². The van der Waals surface area contributed by atoms with Crippen LogP contribution in [0.4, 0.5) is 13.2 Å². The Morgan fingerprint density at radius 2 is 1.71 bits per heavy atom. The number of nitrogens with zero attached hydrogens (tertiary/aromatic N) is 1. The van der Waals surface area contributed by atoms with Crippen LogP contribution in [0.5, 0.6) is 17.2 Å². The molecule has 0 fully saturated rings. The number of nitrogens with one attached hydrogen (secondary N) is 2. The second-order valence-corrected chi connectivity index (χ2v) is 6.25. The smallest absolute Gasteiger partial charge is 0.422 e. The molecule has 0 aromatic heterocycles. The molecule has 10 heteroatoms. The molecule has 0 heterocycles. The van der Waals surface area contributed by atoms with Gasteiger partial charge in [-0.25, -0.2) is 4.99 Å². The summed E-state index contributed by atoms with van der Waals surface area (Å²) in [6.45, 7) is 2.13. The third kappa shape index (κ3) is 9.11. The van der Waals surface area contributed by atoms with Crippen molar-refractivity contribution < 1.29 is 27.4 Å². The van der Waals surface area contributed by atoms with Gasteiger partial charge in [-0.1, -0.05) is 24.3 Å². The molecule has 0 aliphatic carbocycles. The maximum absolute atomic E-state index is 12.2. The highest BCUT2D eigenvalue weighted by Crippen LogP contribution is 2.30. The van der Waals surface area contributed by atoms with Crippen LogP contribution in [-0.2, 0) is 13.1 Å². The van der Waals surface area contributed by atoms with E-state index in [0.717, 1.165) is 11.1 Å². The van der Waals surface area contributed by atoms with Crippen LogP contribution in [0.15, 0.2) is 47.5 Å². The Bertz CT molecular complexity index is 831. The molecule has 2 aromatic carbocycles. The van der Waals surface area contributed by atoms with E-state index in [1.807, 2.05) is 25.1 Å². The predicted octanol–water partition coefficient (Wildman–Crippen LogP) is 4.52. The minimum absolute atomic E-state index is 0. The van der Waals surface area contributed by atoms with Gasteiger partial charge in [0.2, 0.25) is 0 Å². The quantitative estimate of drug-likeness (QED) is 0.272. The molecule has 2 rings (SSSR count). The molecule has 172 valence electrons.